The van der Waals surface area contributed by atoms with Gasteiger partial charge in [-0.05, 0) is 34.9 Å². The number of ether oxygens (including phenoxy) is 3. The van der Waals surface area contributed by atoms with Crippen molar-refractivity contribution >= 4 is 17.4 Å². The monoisotopic (exact) mass is 426 g/mol. The molecule has 1 aromatic carbocycles. The van der Waals surface area contributed by atoms with Crippen LogP contribution in [0.2, 0.25) is 0 Å². The van der Waals surface area contributed by atoms with Crippen molar-refractivity contribution in [3.8, 4) is 11.1 Å². The molecule has 2 N–H and O–H groups in total. The first kappa shape index (κ1) is 22.5. The average Bonchev–Trinajstić information content (AvgIpc) is 3.16. The van der Waals surface area contributed by atoms with Crippen molar-refractivity contribution in [3.05, 3.63) is 52.5 Å². The summed E-state index contributed by atoms with van der Waals surface area (Å²) in [4.78, 5) is 18.6. The lowest BCUT2D eigenvalue weighted by atomic mass is 10.0. The predicted molar refractivity (Wildman–Crippen MR) is 117 cm³/mol. The zero-order chi connectivity index (χ0) is 21.7. The molecule has 0 saturated carbocycles. The number of nitrogens with zero attached hydrogens (tertiary/aromatic N) is 4. The molecule has 10 heteroatoms. The van der Waals surface area contributed by atoms with Crippen LogP contribution in [0.3, 0.4) is 0 Å². The number of carbonyl (C=O) groups is 1. The first-order valence-corrected chi connectivity index (χ1v) is 10.1. The highest BCUT2D eigenvalue weighted by atomic mass is 16.5. The standard InChI is InChI=1S/C21H26N6O4/c22-27-25-6-8-30-10-12-31-11-9-29-7-5-23-20-4-3-18(15-24-20)16-1-2-17-14-21(28)26-19(17)13-16/h1-4,13,15H,5-12,14H2,(H,23,24)(H,26,28). The molecule has 0 atom stereocenters. The fraction of sp³-hybridized carbons (Fsp3) is 0.429. The van der Waals surface area contributed by atoms with Crippen LogP contribution < -0.4 is 10.6 Å². The maximum absolute atomic E-state index is 11.5. The van der Waals surface area contributed by atoms with Crippen LogP contribution in [0.15, 0.2) is 41.6 Å². The van der Waals surface area contributed by atoms with Gasteiger partial charge in [0.05, 0.1) is 46.1 Å². The molecular formula is C21H26N6O4. The lowest BCUT2D eigenvalue weighted by Crippen LogP contribution is -2.14. The van der Waals surface area contributed by atoms with Crippen LogP contribution in [-0.4, -0.2) is 63.6 Å². The summed E-state index contributed by atoms with van der Waals surface area (Å²) in [7, 11) is 0. The summed E-state index contributed by atoms with van der Waals surface area (Å²) in [5.74, 6) is 0.808. The highest BCUT2D eigenvalue weighted by Gasteiger charge is 2.17. The van der Waals surface area contributed by atoms with Crippen LogP contribution in [-0.2, 0) is 25.4 Å². The van der Waals surface area contributed by atoms with Gasteiger partial charge >= 0.3 is 0 Å². The van der Waals surface area contributed by atoms with E-state index in [4.69, 9.17) is 19.7 Å². The molecule has 2 aromatic rings. The Bertz CT molecular complexity index is 899. The van der Waals surface area contributed by atoms with E-state index in [0.717, 1.165) is 28.2 Å². The summed E-state index contributed by atoms with van der Waals surface area (Å²) in [5, 5.41) is 9.46. The van der Waals surface area contributed by atoms with Crippen molar-refractivity contribution in [3.63, 3.8) is 0 Å². The summed E-state index contributed by atoms with van der Waals surface area (Å²) >= 11 is 0. The Morgan fingerprint density at radius 1 is 1.03 bits per heavy atom. The smallest absolute Gasteiger partial charge is 0.228 e. The molecule has 0 saturated heterocycles. The van der Waals surface area contributed by atoms with Gasteiger partial charge in [-0.1, -0.05) is 17.2 Å². The highest BCUT2D eigenvalue weighted by Crippen LogP contribution is 2.29. The average molecular weight is 426 g/mol. The third kappa shape index (κ3) is 7.54. The summed E-state index contributed by atoms with van der Waals surface area (Å²) in [6.07, 6.45) is 2.25. The van der Waals surface area contributed by atoms with E-state index in [2.05, 4.69) is 25.6 Å². The zero-order valence-corrected chi connectivity index (χ0v) is 17.2. The molecule has 3 rings (SSSR count). The fourth-order valence-corrected chi connectivity index (χ4v) is 3.01. The minimum Gasteiger partial charge on any atom is -0.379 e. The van der Waals surface area contributed by atoms with Gasteiger partial charge in [0.15, 0.2) is 0 Å². The molecule has 31 heavy (non-hydrogen) atoms. The summed E-state index contributed by atoms with van der Waals surface area (Å²) < 4.78 is 16.1. The molecule has 0 unspecified atom stereocenters. The zero-order valence-electron chi connectivity index (χ0n) is 17.2. The molecule has 0 spiro atoms. The fourth-order valence-electron chi connectivity index (χ4n) is 3.01. The van der Waals surface area contributed by atoms with Crippen molar-refractivity contribution < 1.29 is 19.0 Å². The van der Waals surface area contributed by atoms with Crippen molar-refractivity contribution in [2.75, 3.05) is 63.4 Å². The van der Waals surface area contributed by atoms with Gasteiger partial charge in [-0.2, -0.15) is 0 Å². The van der Waals surface area contributed by atoms with Crippen LogP contribution in [0.1, 0.15) is 5.56 Å². The summed E-state index contributed by atoms with van der Waals surface area (Å²) in [6.45, 7) is 3.85. The Morgan fingerprint density at radius 3 is 2.52 bits per heavy atom. The number of anilines is 2. The van der Waals surface area contributed by atoms with E-state index in [1.165, 1.54) is 0 Å². The molecule has 1 aliphatic rings. The summed E-state index contributed by atoms with van der Waals surface area (Å²) in [5.41, 5.74) is 12.0. The number of hydrogen-bond acceptors (Lipinski definition) is 7. The normalized spacial score (nSPS) is 12.2. The second-order valence-corrected chi connectivity index (χ2v) is 6.75. The van der Waals surface area contributed by atoms with Gasteiger partial charge in [0.2, 0.25) is 5.91 Å². The van der Waals surface area contributed by atoms with Crippen LogP contribution in [0, 0.1) is 0 Å². The third-order valence-corrected chi connectivity index (χ3v) is 4.53. The lowest BCUT2D eigenvalue weighted by Gasteiger charge is -2.09. The van der Waals surface area contributed by atoms with E-state index < -0.39 is 0 Å². The maximum atomic E-state index is 11.5. The Balaban J connectivity index is 1.26. The maximum Gasteiger partial charge on any atom is 0.228 e. The number of fused-ring (bicyclic) bond motifs is 1. The van der Waals surface area contributed by atoms with Gasteiger partial charge in [-0.3, -0.25) is 4.79 Å². The van der Waals surface area contributed by atoms with Gasteiger partial charge in [0.1, 0.15) is 5.82 Å². The molecule has 10 nitrogen and oxygen atoms in total. The molecule has 0 aliphatic carbocycles. The molecule has 0 bridgehead atoms. The largest absolute Gasteiger partial charge is 0.379 e. The highest BCUT2D eigenvalue weighted by molar-refractivity contribution is 5.99. The second-order valence-electron chi connectivity index (χ2n) is 6.75. The number of amides is 1. The second kappa shape index (κ2) is 12.5. The van der Waals surface area contributed by atoms with Gasteiger partial charge < -0.3 is 24.8 Å². The Labute approximate surface area is 180 Å². The minimum atomic E-state index is 0.0338. The first-order chi connectivity index (χ1) is 15.3. The molecule has 164 valence electrons. The van der Waals surface area contributed by atoms with Crippen molar-refractivity contribution in [1.82, 2.24) is 4.98 Å². The number of benzene rings is 1. The number of nitrogens with one attached hydrogen (secondary N) is 2. The van der Waals surface area contributed by atoms with Crippen molar-refractivity contribution in [1.29, 1.82) is 0 Å². The molecule has 2 heterocycles. The molecule has 0 radical (unpaired) electrons. The predicted octanol–water partition coefficient (Wildman–Crippen LogP) is 3.02. The summed E-state index contributed by atoms with van der Waals surface area (Å²) in [6, 6.07) is 9.89. The van der Waals surface area contributed by atoms with Crippen molar-refractivity contribution in [2.45, 2.75) is 6.42 Å². The van der Waals surface area contributed by atoms with Gasteiger partial charge in [-0.15, -0.1) is 0 Å². The van der Waals surface area contributed by atoms with Crippen LogP contribution >= 0.6 is 0 Å². The van der Waals surface area contributed by atoms with Crippen LogP contribution in [0.4, 0.5) is 11.5 Å². The van der Waals surface area contributed by atoms with E-state index in [0.29, 0.717) is 59.2 Å². The van der Waals surface area contributed by atoms with E-state index in [1.807, 2.05) is 36.5 Å². The number of azide groups is 1. The number of carbonyl (C=O) groups excluding carboxylic acids is 1. The molecule has 1 amide bonds. The topological polar surface area (TPSA) is 130 Å². The van der Waals surface area contributed by atoms with E-state index in [1.54, 1.807) is 0 Å². The number of aromatic nitrogens is 1. The van der Waals surface area contributed by atoms with Crippen LogP contribution in [0.5, 0.6) is 0 Å². The van der Waals surface area contributed by atoms with E-state index >= 15 is 0 Å². The van der Waals surface area contributed by atoms with E-state index in [9.17, 15) is 4.79 Å². The molecule has 1 aromatic heterocycles. The van der Waals surface area contributed by atoms with Gasteiger partial charge in [0.25, 0.3) is 0 Å². The molecule has 1 aliphatic heterocycles. The first-order valence-electron chi connectivity index (χ1n) is 10.1. The Morgan fingerprint density at radius 2 is 1.77 bits per heavy atom. The SMILES string of the molecule is [N-]=[N+]=NCCOCCOCCOCCNc1ccc(-c2ccc3c(c2)NC(=O)C3)cn1. The number of hydrogen-bond donors (Lipinski definition) is 2. The van der Waals surface area contributed by atoms with Crippen LogP contribution in [0.25, 0.3) is 21.6 Å². The third-order valence-electron chi connectivity index (χ3n) is 4.53. The van der Waals surface area contributed by atoms with Gasteiger partial charge in [0, 0.05) is 35.4 Å². The van der Waals surface area contributed by atoms with Crippen molar-refractivity contribution in [2.24, 2.45) is 5.11 Å². The molecule has 0 fully saturated rings. The number of pyridine rings is 1. The number of rotatable bonds is 14. The van der Waals surface area contributed by atoms with Gasteiger partial charge in [-0.25, -0.2) is 4.98 Å². The lowest BCUT2D eigenvalue weighted by molar-refractivity contribution is -0.115. The van der Waals surface area contributed by atoms with E-state index in [-0.39, 0.29) is 5.91 Å². The molecular weight excluding hydrogens is 400 g/mol. The minimum absolute atomic E-state index is 0.0338. The quantitative estimate of drug-likeness (QED) is 0.207. The Hall–Kier alpha value is -3.17. The Kier molecular flexibility index (Phi) is 9.08.